The average Bonchev–Trinajstić information content (AvgIpc) is 3.51. The maximum Gasteiger partial charge on any atom is 0.291 e. The van der Waals surface area contributed by atoms with Crippen molar-refractivity contribution in [3.05, 3.63) is 98.8 Å². The van der Waals surface area contributed by atoms with Crippen LogP contribution in [-0.4, -0.2) is 15.7 Å². The highest BCUT2D eigenvalue weighted by atomic mass is 19.2. The van der Waals surface area contributed by atoms with Crippen LogP contribution < -0.4 is 10.1 Å². The van der Waals surface area contributed by atoms with Gasteiger partial charge in [-0.1, -0.05) is 0 Å². The van der Waals surface area contributed by atoms with E-state index in [0.717, 1.165) is 16.8 Å². The molecule has 4 aromatic rings. The van der Waals surface area contributed by atoms with E-state index in [-0.39, 0.29) is 22.8 Å². The Morgan fingerprint density at radius 1 is 0.800 bits per heavy atom. The van der Waals surface area contributed by atoms with E-state index >= 15 is 0 Å². The van der Waals surface area contributed by atoms with Crippen molar-refractivity contribution in [3.63, 3.8) is 0 Å². The van der Waals surface area contributed by atoms with Crippen molar-refractivity contribution in [1.29, 1.82) is 0 Å². The average molecular weight is 581 g/mol. The number of anilines is 1. The zero-order valence-electron chi connectivity index (χ0n) is 20.0. The number of carbonyl (C=O) groups is 1. The molecule has 1 N–H and O–H groups in total. The molecule has 0 aliphatic heterocycles. The Bertz CT molecular complexity index is 1610. The normalized spacial score (nSPS) is 11.3. The van der Waals surface area contributed by atoms with Gasteiger partial charge in [0.2, 0.25) is 34.9 Å². The fraction of sp³-hybridized carbons (Fsp3) is 0.167. The zero-order valence-corrected chi connectivity index (χ0v) is 20.0. The van der Waals surface area contributed by atoms with E-state index in [0.29, 0.717) is 0 Å². The second kappa shape index (κ2) is 10.6. The summed E-state index contributed by atoms with van der Waals surface area (Å²) in [4.78, 5) is 12.6. The van der Waals surface area contributed by atoms with E-state index in [1.165, 1.54) is 13.8 Å². The van der Waals surface area contributed by atoms with Crippen molar-refractivity contribution in [2.75, 3.05) is 5.32 Å². The van der Waals surface area contributed by atoms with Crippen molar-refractivity contribution in [2.24, 2.45) is 0 Å². The van der Waals surface area contributed by atoms with Crippen LogP contribution >= 0.6 is 0 Å². The highest BCUT2D eigenvalue weighted by molar-refractivity contribution is 6.02. The molecule has 2 aromatic heterocycles. The van der Waals surface area contributed by atoms with Crippen LogP contribution in [0.15, 0.2) is 16.5 Å². The SMILES string of the molecule is Cc1nn(Cc2c(F)c(F)c(F)c(F)c2F)c(C)c1NC(=O)c1ccc(COc2c(F)c(F)c(F)c(F)c2F)o1. The lowest BCUT2D eigenvalue weighted by Gasteiger charge is -2.10. The molecule has 6 nitrogen and oxygen atoms in total. The van der Waals surface area contributed by atoms with Gasteiger partial charge in [0.1, 0.15) is 12.4 Å². The molecule has 0 bridgehead atoms. The number of nitrogens with one attached hydrogen (secondary N) is 1. The summed E-state index contributed by atoms with van der Waals surface area (Å²) in [5.74, 6) is -25.1. The van der Waals surface area contributed by atoms with Crippen LogP contribution in [-0.2, 0) is 13.2 Å². The topological polar surface area (TPSA) is 69.3 Å². The number of furan rings is 1. The highest BCUT2D eigenvalue weighted by Crippen LogP contribution is 2.30. The van der Waals surface area contributed by atoms with Crippen LogP contribution in [0, 0.1) is 72.0 Å². The second-order valence-corrected chi connectivity index (χ2v) is 8.16. The fourth-order valence-corrected chi connectivity index (χ4v) is 3.58. The standard InChI is InChI=1S/C24H13F10N3O3/c1-7-22(8(2)37(36-7)5-10-12(25)14(27)16(29)15(28)13(10)26)35-24(38)11-4-3-9(40-11)6-39-23-20(33)18(31)17(30)19(32)21(23)34/h3-4H,5-6H2,1-2H3,(H,35,38). The first-order chi connectivity index (χ1) is 18.7. The number of benzene rings is 2. The molecule has 0 atom stereocenters. The molecular weight excluding hydrogens is 568 g/mol. The lowest BCUT2D eigenvalue weighted by molar-refractivity contribution is 0.0992. The number of hydrogen-bond acceptors (Lipinski definition) is 4. The molecule has 1 amide bonds. The molecule has 0 unspecified atom stereocenters. The van der Waals surface area contributed by atoms with Crippen LogP contribution in [0.4, 0.5) is 49.6 Å². The molecule has 4 rings (SSSR count). The summed E-state index contributed by atoms with van der Waals surface area (Å²) in [5.41, 5.74) is -1.04. The molecule has 212 valence electrons. The van der Waals surface area contributed by atoms with Crippen LogP contribution in [0.3, 0.4) is 0 Å². The van der Waals surface area contributed by atoms with Crippen LogP contribution in [0.1, 0.15) is 33.3 Å². The Kier molecular flexibility index (Phi) is 7.54. The minimum Gasteiger partial charge on any atom is -0.479 e. The van der Waals surface area contributed by atoms with Gasteiger partial charge < -0.3 is 14.5 Å². The number of nitrogens with zero attached hydrogens (tertiary/aromatic N) is 2. The Balaban J connectivity index is 1.50. The van der Waals surface area contributed by atoms with Gasteiger partial charge in [-0.3, -0.25) is 9.48 Å². The Morgan fingerprint density at radius 3 is 1.85 bits per heavy atom. The summed E-state index contributed by atoms with van der Waals surface area (Å²) in [6.07, 6.45) is 0. The third-order valence-corrected chi connectivity index (χ3v) is 5.64. The summed E-state index contributed by atoms with van der Waals surface area (Å²) in [6, 6.07) is 2.18. The monoisotopic (exact) mass is 581 g/mol. The number of amides is 1. The summed E-state index contributed by atoms with van der Waals surface area (Å²) >= 11 is 0. The number of aromatic nitrogens is 2. The molecular formula is C24H13F10N3O3. The molecule has 0 radical (unpaired) electrons. The molecule has 2 heterocycles. The van der Waals surface area contributed by atoms with E-state index < -0.39 is 94.3 Å². The summed E-state index contributed by atoms with van der Waals surface area (Å²) in [7, 11) is 0. The molecule has 0 saturated carbocycles. The van der Waals surface area contributed by atoms with Crippen molar-refractivity contribution < 1.29 is 57.9 Å². The van der Waals surface area contributed by atoms with E-state index in [9.17, 15) is 48.7 Å². The van der Waals surface area contributed by atoms with Crippen molar-refractivity contribution in [3.8, 4) is 5.75 Å². The molecule has 0 fully saturated rings. The van der Waals surface area contributed by atoms with Gasteiger partial charge in [-0.25, -0.2) is 35.1 Å². The summed E-state index contributed by atoms with van der Waals surface area (Å²) in [5, 5.41) is 6.32. The van der Waals surface area contributed by atoms with Crippen molar-refractivity contribution >= 4 is 11.6 Å². The van der Waals surface area contributed by atoms with E-state index in [1.54, 1.807) is 0 Å². The first-order valence-corrected chi connectivity index (χ1v) is 10.8. The van der Waals surface area contributed by atoms with E-state index in [2.05, 4.69) is 15.2 Å². The molecule has 40 heavy (non-hydrogen) atoms. The zero-order chi connectivity index (χ0) is 29.6. The van der Waals surface area contributed by atoms with Gasteiger partial charge in [0.05, 0.1) is 29.2 Å². The number of ether oxygens (including phenoxy) is 1. The predicted octanol–water partition coefficient (Wildman–Crippen LogP) is 6.36. The van der Waals surface area contributed by atoms with Gasteiger partial charge in [0, 0.05) is 0 Å². The lowest BCUT2D eigenvalue weighted by atomic mass is 10.1. The summed E-state index contributed by atoms with van der Waals surface area (Å²) in [6.45, 7) is 0.966. The first-order valence-electron chi connectivity index (χ1n) is 10.8. The molecule has 2 aromatic carbocycles. The molecule has 0 aliphatic carbocycles. The van der Waals surface area contributed by atoms with Gasteiger partial charge in [-0.2, -0.15) is 13.9 Å². The van der Waals surface area contributed by atoms with E-state index in [1.807, 2.05) is 0 Å². The Labute approximate surface area is 216 Å². The van der Waals surface area contributed by atoms with E-state index in [4.69, 9.17) is 4.42 Å². The third kappa shape index (κ3) is 4.84. The third-order valence-electron chi connectivity index (χ3n) is 5.64. The molecule has 0 saturated heterocycles. The lowest BCUT2D eigenvalue weighted by Crippen LogP contribution is -2.14. The fourth-order valence-electron chi connectivity index (χ4n) is 3.58. The predicted molar refractivity (Wildman–Crippen MR) is 114 cm³/mol. The largest absolute Gasteiger partial charge is 0.479 e. The first kappa shape index (κ1) is 28.5. The van der Waals surface area contributed by atoms with Gasteiger partial charge in [0.15, 0.2) is 34.8 Å². The maximum atomic E-state index is 14.1. The quantitative estimate of drug-likeness (QED) is 0.157. The van der Waals surface area contributed by atoms with Crippen molar-refractivity contribution in [2.45, 2.75) is 27.0 Å². The number of halogens is 10. The number of rotatable bonds is 7. The van der Waals surface area contributed by atoms with Crippen LogP contribution in [0.25, 0.3) is 0 Å². The highest BCUT2D eigenvalue weighted by Gasteiger charge is 2.29. The van der Waals surface area contributed by atoms with Gasteiger partial charge >= 0.3 is 0 Å². The number of aryl methyl sites for hydroxylation is 1. The molecule has 16 heteroatoms. The van der Waals surface area contributed by atoms with Crippen LogP contribution in [0.2, 0.25) is 0 Å². The van der Waals surface area contributed by atoms with Crippen molar-refractivity contribution in [1.82, 2.24) is 9.78 Å². The minimum atomic E-state index is -2.37. The Morgan fingerprint density at radius 2 is 1.30 bits per heavy atom. The van der Waals surface area contributed by atoms with Gasteiger partial charge in [-0.15, -0.1) is 0 Å². The van der Waals surface area contributed by atoms with Gasteiger partial charge in [0.25, 0.3) is 5.91 Å². The Hall–Kier alpha value is -4.50. The van der Waals surface area contributed by atoms with Gasteiger partial charge in [-0.05, 0) is 26.0 Å². The number of hydrogen-bond donors (Lipinski definition) is 1. The molecule has 0 aliphatic rings. The van der Waals surface area contributed by atoms with Crippen LogP contribution in [0.5, 0.6) is 5.75 Å². The smallest absolute Gasteiger partial charge is 0.291 e. The maximum absolute atomic E-state index is 14.1. The minimum absolute atomic E-state index is 0.00974. The number of carbonyl (C=O) groups excluding carboxylic acids is 1. The summed E-state index contributed by atoms with van der Waals surface area (Å²) < 4.78 is 147. The molecule has 0 spiro atoms. The second-order valence-electron chi connectivity index (χ2n) is 8.16.